The number of fused-ring (bicyclic) bond motifs is 1. The summed E-state index contributed by atoms with van der Waals surface area (Å²) in [5.74, 6) is -0.210. The van der Waals surface area contributed by atoms with Crippen molar-refractivity contribution in [2.75, 3.05) is 6.61 Å². The van der Waals surface area contributed by atoms with E-state index in [1.807, 2.05) is 0 Å². The fourth-order valence-corrected chi connectivity index (χ4v) is 3.18. The van der Waals surface area contributed by atoms with E-state index in [4.69, 9.17) is 10.5 Å². The molecule has 1 saturated carbocycles. The highest BCUT2D eigenvalue weighted by atomic mass is 19.1. The third-order valence-corrected chi connectivity index (χ3v) is 4.31. The van der Waals surface area contributed by atoms with Crippen LogP contribution in [-0.2, 0) is 16.0 Å². The van der Waals surface area contributed by atoms with Gasteiger partial charge in [0.1, 0.15) is 5.82 Å². The van der Waals surface area contributed by atoms with Crippen LogP contribution in [0.15, 0.2) is 24.3 Å². The van der Waals surface area contributed by atoms with Gasteiger partial charge in [-0.25, -0.2) is 4.39 Å². The summed E-state index contributed by atoms with van der Waals surface area (Å²) in [7, 11) is 0. The van der Waals surface area contributed by atoms with Gasteiger partial charge in [-0.15, -0.1) is 0 Å². The summed E-state index contributed by atoms with van der Waals surface area (Å²) < 4.78 is 19.2. The van der Waals surface area contributed by atoms with Crippen molar-refractivity contribution < 1.29 is 13.9 Å². The summed E-state index contributed by atoms with van der Waals surface area (Å²) in [6.07, 6.45) is 2.16. The van der Waals surface area contributed by atoms with E-state index in [2.05, 4.69) is 5.32 Å². The van der Waals surface area contributed by atoms with Crippen molar-refractivity contribution in [3.63, 3.8) is 0 Å². The Morgan fingerprint density at radius 2 is 2.25 bits per heavy atom. The fraction of sp³-hybridized carbons (Fsp3) is 0.533. The number of carbonyl (C=O) groups excluding carboxylic acids is 1. The minimum atomic E-state index is -0.354. The SMILES string of the molecule is NC1C2CCCOC2C1NC(=O)Cc1ccccc1F. The molecule has 1 aliphatic heterocycles. The minimum Gasteiger partial charge on any atom is -0.376 e. The number of halogens is 1. The number of benzene rings is 1. The number of hydrogen-bond acceptors (Lipinski definition) is 3. The Morgan fingerprint density at radius 3 is 3.05 bits per heavy atom. The third kappa shape index (κ3) is 2.43. The van der Waals surface area contributed by atoms with Crippen molar-refractivity contribution in [2.24, 2.45) is 11.7 Å². The highest BCUT2D eigenvalue weighted by Crippen LogP contribution is 2.36. The number of hydrogen-bond donors (Lipinski definition) is 2. The van der Waals surface area contributed by atoms with Crippen LogP contribution >= 0.6 is 0 Å². The summed E-state index contributed by atoms with van der Waals surface area (Å²) in [4.78, 5) is 12.0. The van der Waals surface area contributed by atoms with Crippen LogP contribution in [-0.4, -0.2) is 30.7 Å². The van der Waals surface area contributed by atoms with Crippen molar-refractivity contribution >= 4 is 5.91 Å². The molecule has 1 aromatic rings. The summed E-state index contributed by atoms with van der Waals surface area (Å²) in [5.41, 5.74) is 6.48. The molecule has 1 amide bonds. The smallest absolute Gasteiger partial charge is 0.224 e. The molecule has 20 heavy (non-hydrogen) atoms. The Hall–Kier alpha value is -1.46. The van der Waals surface area contributed by atoms with Gasteiger partial charge in [-0.1, -0.05) is 18.2 Å². The highest BCUT2D eigenvalue weighted by molar-refractivity contribution is 5.79. The van der Waals surface area contributed by atoms with Crippen LogP contribution in [0.1, 0.15) is 18.4 Å². The topological polar surface area (TPSA) is 64.3 Å². The molecule has 3 N–H and O–H groups in total. The Morgan fingerprint density at radius 1 is 1.45 bits per heavy atom. The molecule has 0 spiro atoms. The molecule has 3 rings (SSSR count). The molecule has 5 heteroatoms. The average Bonchev–Trinajstić information content (AvgIpc) is 2.47. The van der Waals surface area contributed by atoms with Gasteiger partial charge in [0.05, 0.1) is 18.6 Å². The Bertz CT molecular complexity index is 508. The molecule has 0 radical (unpaired) electrons. The van der Waals surface area contributed by atoms with E-state index in [0.717, 1.165) is 19.4 Å². The number of nitrogens with one attached hydrogen (secondary N) is 1. The Labute approximate surface area is 117 Å². The predicted molar refractivity (Wildman–Crippen MR) is 72.5 cm³/mol. The van der Waals surface area contributed by atoms with Gasteiger partial charge in [-0.3, -0.25) is 4.79 Å². The molecule has 2 aliphatic rings. The largest absolute Gasteiger partial charge is 0.376 e. The first-order valence-electron chi connectivity index (χ1n) is 7.07. The van der Waals surface area contributed by atoms with Gasteiger partial charge in [-0.2, -0.15) is 0 Å². The van der Waals surface area contributed by atoms with Gasteiger partial charge < -0.3 is 15.8 Å². The lowest BCUT2D eigenvalue weighted by molar-refractivity contribution is -0.138. The molecule has 2 fully saturated rings. The fourth-order valence-electron chi connectivity index (χ4n) is 3.18. The van der Waals surface area contributed by atoms with E-state index < -0.39 is 0 Å². The number of ether oxygens (including phenoxy) is 1. The Balaban J connectivity index is 1.58. The molecule has 4 atom stereocenters. The van der Waals surface area contributed by atoms with Crippen LogP contribution in [0.3, 0.4) is 0 Å². The predicted octanol–water partition coefficient (Wildman–Crippen LogP) is 0.989. The molecule has 1 saturated heterocycles. The summed E-state index contributed by atoms with van der Waals surface area (Å²) in [6.45, 7) is 0.730. The lowest BCUT2D eigenvalue weighted by Gasteiger charge is -2.52. The van der Waals surface area contributed by atoms with Crippen molar-refractivity contribution in [1.82, 2.24) is 5.32 Å². The van der Waals surface area contributed by atoms with Gasteiger partial charge in [0.25, 0.3) is 0 Å². The van der Waals surface area contributed by atoms with Crippen LogP contribution in [0, 0.1) is 11.7 Å². The van der Waals surface area contributed by atoms with Crippen LogP contribution in [0.4, 0.5) is 4.39 Å². The molecule has 4 unspecified atom stereocenters. The molecule has 0 aromatic heterocycles. The molecular weight excluding hydrogens is 259 g/mol. The zero-order valence-corrected chi connectivity index (χ0v) is 11.2. The van der Waals surface area contributed by atoms with Crippen LogP contribution in [0.2, 0.25) is 0 Å². The maximum absolute atomic E-state index is 13.5. The van der Waals surface area contributed by atoms with Crippen LogP contribution < -0.4 is 11.1 Å². The van der Waals surface area contributed by atoms with Gasteiger partial charge in [0.2, 0.25) is 5.91 Å². The molecule has 108 valence electrons. The normalized spacial score (nSPS) is 32.1. The number of amides is 1. The maximum Gasteiger partial charge on any atom is 0.224 e. The van der Waals surface area contributed by atoms with E-state index in [1.54, 1.807) is 18.2 Å². The zero-order valence-electron chi connectivity index (χ0n) is 11.2. The maximum atomic E-state index is 13.5. The van der Waals surface area contributed by atoms with E-state index in [0.29, 0.717) is 11.5 Å². The number of rotatable bonds is 3. The standard InChI is InChI=1S/C15H19FN2O2/c16-11-6-2-1-4-9(11)8-12(19)18-14-13(17)10-5-3-7-20-15(10)14/h1-2,4,6,10,13-15H,3,5,7-8,17H2,(H,18,19). The van der Waals surface area contributed by atoms with E-state index in [-0.39, 0.29) is 36.3 Å². The van der Waals surface area contributed by atoms with E-state index in [1.165, 1.54) is 6.07 Å². The van der Waals surface area contributed by atoms with Crippen molar-refractivity contribution in [1.29, 1.82) is 0 Å². The monoisotopic (exact) mass is 278 g/mol. The molecule has 4 nitrogen and oxygen atoms in total. The first-order chi connectivity index (χ1) is 9.66. The Kier molecular flexibility index (Phi) is 3.72. The zero-order chi connectivity index (χ0) is 14.1. The second-order valence-corrected chi connectivity index (χ2v) is 5.58. The molecular formula is C15H19FN2O2. The van der Waals surface area contributed by atoms with Crippen LogP contribution in [0.5, 0.6) is 0 Å². The lowest BCUT2D eigenvalue weighted by Crippen LogP contribution is -2.72. The quantitative estimate of drug-likeness (QED) is 0.866. The molecule has 1 aliphatic carbocycles. The molecule has 1 heterocycles. The van der Waals surface area contributed by atoms with Gasteiger partial charge in [0, 0.05) is 18.6 Å². The van der Waals surface area contributed by atoms with Crippen molar-refractivity contribution in [2.45, 2.75) is 37.5 Å². The summed E-state index contributed by atoms with van der Waals surface area (Å²) >= 11 is 0. The molecule has 1 aromatic carbocycles. The van der Waals surface area contributed by atoms with Crippen LogP contribution in [0.25, 0.3) is 0 Å². The molecule has 0 bridgehead atoms. The first kappa shape index (κ1) is 13.5. The first-order valence-corrected chi connectivity index (χ1v) is 7.07. The second kappa shape index (κ2) is 5.50. The van der Waals surface area contributed by atoms with Gasteiger partial charge >= 0.3 is 0 Å². The van der Waals surface area contributed by atoms with Gasteiger partial charge in [-0.05, 0) is 24.5 Å². The van der Waals surface area contributed by atoms with Crippen molar-refractivity contribution in [3.05, 3.63) is 35.6 Å². The number of nitrogens with two attached hydrogens (primary N) is 1. The van der Waals surface area contributed by atoms with E-state index >= 15 is 0 Å². The summed E-state index contributed by atoms with van der Waals surface area (Å²) in [6, 6.07) is 6.12. The number of carbonyl (C=O) groups is 1. The minimum absolute atomic E-state index is 0.0309. The van der Waals surface area contributed by atoms with Gasteiger partial charge in [0.15, 0.2) is 0 Å². The third-order valence-electron chi connectivity index (χ3n) is 4.31. The summed E-state index contributed by atoms with van der Waals surface area (Å²) in [5, 5.41) is 2.89. The van der Waals surface area contributed by atoms with Crippen molar-refractivity contribution in [3.8, 4) is 0 Å². The van der Waals surface area contributed by atoms with E-state index in [9.17, 15) is 9.18 Å². The lowest BCUT2D eigenvalue weighted by atomic mass is 9.68. The average molecular weight is 278 g/mol. The highest BCUT2D eigenvalue weighted by Gasteiger charge is 2.50. The second-order valence-electron chi connectivity index (χ2n) is 5.58.